The summed E-state index contributed by atoms with van der Waals surface area (Å²) in [7, 11) is 0. The molecule has 0 amide bonds. The Morgan fingerprint density at radius 1 is 0.905 bits per heavy atom. The van der Waals surface area contributed by atoms with E-state index in [-0.39, 0.29) is 0 Å². The number of fused-ring (bicyclic) bond motifs is 3. The molecule has 0 spiro atoms. The second-order valence-electron chi connectivity index (χ2n) is 5.74. The van der Waals surface area contributed by atoms with E-state index in [1.54, 1.807) is 0 Å². The maximum atomic E-state index is 4.91. The van der Waals surface area contributed by atoms with Crippen LogP contribution in [0, 0.1) is 6.92 Å². The summed E-state index contributed by atoms with van der Waals surface area (Å²) in [5, 5.41) is 3.64. The summed E-state index contributed by atoms with van der Waals surface area (Å²) in [5.74, 6) is 0. The van der Waals surface area contributed by atoms with Crippen molar-refractivity contribution in [3.8, 4) is 0 Å². The van der Waals surface area contributed by atoms with Crippen molar-refractivity contribution in [3.63, 3.8) is 0 Å². The van der Waals surface area contributed by atoms with Crippen molar-refractivity contribution < 1.29 is 0 Å². The van der Waals surface area contributed by atoms with Crippen LogP contribution in [0.2, 0.25) is 0 Å². The lowest BCUT2D eigenvalue weighted by molar-refractivity contribution is 0.661. The van der Waals surface area contributed by atoms with Gasteiger partial charge in [-0.25, -0.2) is 0 Å². The molecule has 2 aromatic heterocycles. The number of rotatable bonds is 5. The van der Waals surface area contributed by atoms with Crippen LogP contribution in [0.1, 0.15) is 44.0 Å². The third kappa shape index (κ3) is 2.90. The van der Waals surface area contributed by atoms with Crippen LogP contribution in [0.25, 0.3) is 21.7 Å². The van der Waals surface area contributed by atoms with Crippen molar-refractivity contribution in [1.82, 2.24) is 9.97 Å². The molecule has 21 heavy (non-hydrogen) atoms. The lowest BCUT2D eigenvalue weighted by atomic mass is 10.0. The molecule has 2 heteroatoms. The molecule has 0 aliphatic carbocycles. The zero-order valence-electron chi connectivity index (χ0n) is 12.9. The van der Waals surface area contributed by atoms with Crippen LogP contribution in [-0.4, -0.2) is 9.97 Å². The van der Waals surface area contributed by atoms with E-state index in [2.05, 4.69) is 49.2 Å². The number of nitrogens with zero attached hydrogens (tertiary/aromatic N) is 2. The molecule has 0 fully saturated rings. The van der Waals surface area contributed by atoms with E-state index in [1.165, 1.54) is 47.5 Å². The predicted octanol–water partition coefficient (Wildman–Crippen LogP) is 5.21. The lowest BCUT2D eigenvalue weighted by Crippen LogP contribution is -1.93. The summed E-state index contributed by atoms with van der Waals surface area (Å²) in [6, 6.07) is 10.8. The monoisotopic (exact) mass is 278 g/mol. The molecule has 0 bridgehead atoms. The van der Waals surface area contributed by atoms with Crippen LogP contribution in [0.15, 0.2) is 36.5 Å². The van der Waals surface area contributed by atoms with Crippen molar-refractivity contribution in [2.45, 2.75) is 46.0 Å². The van der Waals surface area contributed by atoms with Gasteiger partial charge in [0.1, 0.15) is 0 Å². The Labute approximate surface area is 126 Å². The van der Waals surface area contributed by atoms with Crippen LogP contribution in [0.4, 0.5) is 0 Å². The standard InChI is InChI=1S/C19H22N2/c1-3-4-5-6-7-16-10-8-15-9-11-17-14(2)20-13-12-18(17)19(15)21-16/h8-13H,3-7H2,1-2H3. The number of benzene rings is 1. The number of unbranched alkanes of at least 4 members (excludes halogenated alkanes) is 3. The first-order chi connectivity index (χ1) is 10.3. The number of aryl methyl sites for hydroxylation is 2. The van der Waals surface area contributed by atoms with Crippen LogP contribution < -0.4 is 0 Å². The van der Waals surface area contributed by atoms with Gasteiger partial charge in [-0.15, -0.1) is 0 Å². The van der Waals surface area contributed by atoms with E-state index in [0.717, 1.165) is 17.6 Å². The third-order valence-corrected chi connectivity index (χ3v) is 4.14. The highest BCUT2D eigenvalue weighted by molar-refractivity contribution is 6.05. The summed E-state index contributed by atoms with van der Waals surface area (Å²) >= 11 is 0. The Morgan fingerprint density at radius 3 is 2.62 bits per heavy atom. The molecule has 2 nitrogen and oxygen atoms in total. The Morgan fingerprint density at radius 2 is 1.76 bits per heavy atom. The molecular weight excluding hydrogens is 256 g/mol. The lowest BCUT2D eigenvalue weighted by Gasteiger charge is -2.07. The quantitative estimate of drug-likeness (QED) is 0.472. The van der Waals surface area contributed by atoms with Gasteiger partial charge in [0, 0.05) is 33.7 Å². The first-order valence-corrected chi connectivity index (χ1v) is 7.93. The van der Waals surface area contributed by atoms with E-state index in [4.69, 9.17) is 4.98 Å². The van der Waals surface area contributed by atoms with Gasteiger partial charge in [0.15, 0.2) is 0 Å². The molecule has 0 saturated heterocycles. The summed E-state index contributed by atoms with van der Waals surface area (Å²) in [6.45, 7) is 4.31. The van der Waals surface area contributed by atoms with Crippen LogP contribution in [0.5, 0.6) is 0 Å². The Balaban J connectivity index is 1.99. The Kier molecular flexibility index (Phi) is 4.14. The molecule has 2 heterocycles. The fraction of sp³-hybridized carbons (Fsp3) is 0.368. The summed E-state index contributed by atoms with van der Waals surface area (Å²) in [5.41, 5.74) is 3.40. The smallest absolute Gasteiger partial charge is 0.0784 e. The van der Waals surface area contributed by atoms with E-state index in [1.807, 2.05) is 6.20 Å². The second-order valence-corrected chi connectivity index (χ2v) is 5.74. The van der Waals surface area contributed by atoms with E-state index in [9.17, 15) is 0 Å². The van der Waals surface area contributed by atoms with Crippen LogP contribution in [0.3, 0.4) is 0 Å². The topological polar surface area (TPSA) is 25.8 Å². The van der Waals surface area contributed by atoms with Gasteiger partial charge in [0.25, 0.3) is 0 Å². The molecule has 0 aliphatic rings. The zero-order chi connectivity index (χ0) is 14.7. The van der Waals surface area contributed by atoms with E-state index >= 15 is 0 Å². The molecule has 0 saturated carbocycles. The maximum Gasteiger partial charge on any atom is 0.0784 e. The molecule has 1 aromatic carbocycles. The normalized spacial score (nSPS) is 11.3. The van der Waals surface area contributed by atoms with Crippen molar-refractivity contribution in [3.05, 3.63) is 47.9 Å². The molecule has 0 aliphatic heterocycles. The fourth-order valence-corrected chi connectivity index (χ4v) is 2.90. The van der Waals surface area contributed by atoms with E-state index < -0.39 is 0 Å². The molecular formula is C19H22N2. The first-order valence-electron chi connectivity index (χ1n) is 7.93. The van der Waals surface area contributed by atoms with Gasteiger partial charge in [-0.05, 0) is 31.9 Å². The molecule has 0 atom stereocenters. The van der Waals surface area contributed by atoms with Gasteiger partial charge >= 0.3 is 0 Å². The van der Waals surface area contributed by atoms with Gasteiger partial charge in [0.2, 0.25) is 0 Å². The maximum absolute atomic E-state index is 4.91. The average Bonchev–Trinajstić information content (AvgIpc) is 2.52. The van der Waals surface area contributed by atoms with Gasteiger partial charge < -0.3 is 0 Å². The molecule has 0 radical (unpaired) electrons. The number of pyridine rings is 2. The predicted molar refractivity (Wildman–Crippen MR) is 89.6 cm³/mol. The number of hydrogen-bond donors (Lipinski definition) is 0. The summed E-state index contributed by atoms with van der Waals surface area (Å²) < 4.78 is 0. The Hall–Kier alpha value is -1.96. The second kappa shape index (κ2) is 6.21. The number of aromatic nitrogens is 2. The van der Waals surface area contributed by atoms with Gasteiger partial charge in [-0.2, -0.15) is 0 Å². The minimum absolute atomic E-state index is 1.07. The summed E-state index contributed by atoms with van der Waals surface area (Å²) in [6.07, 6.45) is 8.10. The minimum Gasteiger partial charge on any atom is -0.261 e. The third-order valence-electron chi connectivity index (χ3n) is 4.14. The molecule has 108 valence electrons. The highest BCUT2D eigenvalue weighted by atomic mass is 14.7. The average molecular weight is 278 g/mol. The van der Waals surface area contributed by atoms with E-state index in [0.29, 0.717) is 0 Å². The van der Waals surface area contributed by atoms with Gasteiger partial charge in [-0.3, -0.25) is 9.97 Å². The molecule has 0 unspecified atom stereocenters. The highest BCUT2D eigenvalue weighted by Gasteiger charge is 2.05. The van der Waals surface area contributed by atoms with Crippen molar-refractivity contribution in [2.24, 2.45) is 0 Å². The van der Waals surface area contributed by atoms with Crippen LogP contribution in [-0.2, 0) is 6.42 Å². The minimum atomic E-state index is 1.07. The van der Waals surface area contributed by atoms with Crippen molar-refractivity contribution >= 4 is 21.7 Å². The van der Waals surface area contributed by atoms with Gasteiger partial charge in [0.05, 0.1) is 5.52 Å². The van der Waals surface area contributed by atoms with Crippen molar-refractivity contribution in [2.75, 3.05) is 0 Å². The highest BCUT2D eigenvalue weighted by Crippen LogP contribution is 2.25. The summed E-state index contributed by atoms with van der Waals surface area (Å²) in [4.78, 5) is 9.29. The first kappa shape index (κ1) is 14.0. The molecule has 3 aromatic rings. The largest absolute Gasteiger partial charge is 0.261 e. The molecule has 0 N–H and O–H groups in total. The number of hydrogen-bond acceptors (Lipinski definition) is 2. The Bertz CT molecular complexity index is 762. The fourth-order valence-electron chi connectivity index (χ4n) is 2.90. The van der Waals surface area contributed by atoms with Gasteiger partial charge in [-0.1, -0.05) is 44.4 Å². The molecule has 3 rings (SSSR count). The van der Waals surface area contributed by atoms with Crippen molar-refractivity contribution in [1.29, 1.82) is 0 Å². The zero-order valence-corrected chi connectivity index (χ0v) is 12.9. The SMILES string of the molecule is CCCCCCc1ccc2ccc3c(C)nccc3c2n1. The van der Waals surface area contributed by atoms with Crippen LogP contribution >= 0.6 is 0 Å².